The van der Waals surface area contributed by atoms with Crippen molar-refractivity contribution >= 4 is 27.2 Å². The van der Waals surface area contributed by atoms with Gasteiger partial charge in [0.2, 0.25) is 0 Å². The molecule has 0 unspecified atom stereocenters. The number of sulfone groups is 1. The molecule has 7 nitrogen and oxygen atoms in total. The molecule has 0 saturated heterocycles. The van der Waals surface area contributed by atoms with Crippen LogP contribution in [0.25, 0.3) is 16.9 Å². The Labute approximate surface area is 191 Å². The fourth-order valence-corrected chi connectivity index (χ4v) is 3.97. The fourth-order valence-electron chi connectivity index (χ4n) is 3.34. The molecular formula is C25H21N3O4S. The molecule has 1 amide bonds. The third kappa shape index (κ3) is 4.91. The van der Waals surface area contributed by atoms with E-state index in [9.17, 15) is 18.0 Å². The Bertz CT molecular complexity index is 1440. The van der Waals surface area contributed by atoms with Crippen LogP contribution < -0.4 is 5.32 Å². The first-order valence-corrected chi connectivity index (χ1v) is 12.0. The third-order valence-electron chi connectivity index (χ3n) is 5.06. The first-order valence-electron chi connectivity index (χ1n) is 10.1. The van der Waals surface area contributed by atoms with E-state index >= 15 is 0 Å². The molecule has 166 valence electrons. The Balaban J connectivity index is 1.76. The molecule has 0 spiro atoms. The summed E-state index contributed by atoms with van der Waals surface area (Å²) in [6, 6.07) is 22.3. The fraction of sp³-hybridized carbons (Fsp3) is 0.0800. The summed E-state index contributed by atoms with van der Waals surface area (Å²) >= 11 is 0. The first kappa shape index (κ1) is 22.2. The molecule has 0 saturated carbocycles. The van der Waals surface area contributed by atoms with Crippen molar-refractivity contribution in [2.75, 3.05) is 11.6 Å². The van der Waals surface area contributed by atoms with Gasteiger partial charge in [-0.2, -0.15) is 5.10 Å². The van der Waals surface area contributed by atoms with E-state index in [-0.39, 0.29) is 10.7 Å². The maximum Gasteiger partial charge on any atom is 0.259 e. The maximum absolute atomic E-state index is 13.2. The highest BCUT2D eigenvalue weighted by Crippen LogP contribution is 2.26. The van der Waals surface area contributed by atoms with Crippen molar-refractivity contribution in [3.8, 4) is 16.9 Å². The molecule has 0 atom stereocenters. The minimum Gasteiger partial charge on any atom is -0.322 e. The molecule has 0 fully saturated rings. The van der Waals surface area contributed by atoms with Gasteiger partial charge >= 0.3 is 0 Å². The maximum atomic E-state index is 13.2. The van der Waals surface area contributed by atoms with Gasteiger partial charge in [-0.1, -0.05) is 42.5 Å². The van der Waals surface area contributed by atoms with Gasteiger partial charge in [0.15, 0.2) is 15.6 Å². The highest BCUT2D eigenvalue weighted by Gasteiger charge is 2.20. The Morgan fingerprint density at radius 1 is 0.909 bits per heavy atom. The Morgan fingerprint density at radius 2 is 1.61 bits per heavy atom. The van der Waals surface area contributed by atoms with Gasteiger partial charge in [0.1, 0.15) is 5.69 Å². The molecule has 1 N–H and O–H groups in total. The first-order chi connectivity index (χ1) is 15.7. The minimum absolute atomic E-state index is 0.102. The molecule has 4 rings (SSSR count). The van der Waals surface area contributed by atoms with Crippen molar-refractivity contribution in [2.24, 2.45) is 0 Å². The van der Waals surface area contributed by atoms with Gasteiger partial charge in [0.25, 0.3) is 5.91 Å². The lowest BCUT2D eigenvalue weighted by Gasteiger charge is -2.07. The van der Waals surface area contributed by atoms with Crippen LogP contribution in [0, 0.1) is 0 Å². The van der Waals surface area contributed by atoms with E-state index in [0.717, 1.165) is 11.9 Å². The van der Waals surface area contributed by atoms with E-state index in [1.807, 2.05) is 30.3 Å². The number of aromatic nitrogens is 2. The summed E-state index contributed by atoms with van der Waals surface area (Å²) in [6.07, 6.45) is 2.76. The van der Waals surface area contributed by atoms with Crippen LogP contribution in [0.5, 0.6) is 0 Å². The van der Waals surface area contributed by atoms with E-state index in [2.05, 4.69) is 10.4 Å². The average molecular weight is 460 g/mol. The second-order valence-corrected chi connectivity index (χ2v) is 9.57. The summed E-state index contributed by atoms with van der Waals surface area (Å²) in [6.45, 7) is 1.46. The molecule has 8 heteroatoms. The molecule has 3 aromatic carbocycles. The summed E-state index contributed by atoms with van der Waals surface area (Å²) in [5.41, 5.74) is 3.05. The van der Waals surface area contributed by atoms with Crippen molar-refractivity contribution < 1.29 is 18.0 Å². The molecule has 0 aliphatic heterocycles. The number of nitrogens with one attached hydrogen (secondary N) is 1. The van der Waals surface area contributed by atoms with Crippen LogP contribution in [-0.4, -0.2) is 36.1 Å². The van der Waals surface area contributed by atoms with Crippen molar-refractivity contribution in [3.63, 3.8) is 0 Å². The van der Waals surface area contributed by atoms with E-state index in [1.165, 1.54) is 19.1 Å². The topological polar surface area (TPSA) is 98.1 Å². The Hall–Kier alpha value is -4.04. The molecule has 33 heavy (non-hydrogen) atoms. The van der Waals surface area contributed by atoms with Crippen LogP contribution in [0.1, 0.15) is 27.6 Å². The van der Waals surface area contributed by atoms with Crippen LogP contribution in [0.3, 0.4) is 0 Å². The monoisotopic (exact) mass is 459 g/mol. The molecule has 1 heterocycles. The van der Waals surface area contributed by atoms with Crippen LogP contribution in [-0.2, 0) is 9.84 Å². The molecule has 1 aromatic heterocycles. The van der Waals surface area contributed by atoms with Gasteiger partial charge in [-0.05, 0) is 43.3 Å². The molecule has 0 aliphatic rings. The van der Waals surface area contributed by atoms with Crippen LogP contribution >= 0.6 is 0 Å². The quantitative estimate of drug-likeness (QED) is 0.431. The third-order valence-corrected chi connectivity index (χ3v) is 6.19. The zero-order valence-electron chi connectivity index (χ0n) is 18.0. The minimum atomic E-state index is -3.35. The summed E-state index contributed by atoms with van der Waals surface area (Å²) in [4.78, 5) is 25.1. The van der Waals surface area contributed by atoms with Crippen molar-refractivity contribution in [3.05, 3.63) is 96.2 Å². The number of hydrogen-bond donors (Lipinski definition) is 1. The summed E-state index contributed by atoms with van der Waals surface area (Å²) in [7, 11) is -3.35. The van der Waals surface area contributed by atoms with E-state index < -0.39 is 15.7 Å². The zero-order chi connectivity index (χ0) is 23.6. The predicted molar refractivity (Wildman–Crippen MR) is 127 cm³/mol. The zero-order valence-corrected chi connectivity index (χ0v) is 18.8. The number of rotatable bonds is 6. The Morgan fingerprint density at radius 3 is 2.24 bits per heavy atom. The van der Waals surface area contributed by atoms with Crippen molar-refractivity contribution in [1.82, 2.24) is 9.78 Å². The van der Waals surface area contributed by atoms with E-state index in [1.54, 1.807) is 47.3 Å². The normalized spacial score (nSPS) is 11.2. The summed E-state index contributed by atoms with van der Waals surface area (Å²) in [5, 5.41) is 7.43. The van der Waals surface area contributed by atoms with Crippen LogP contribution in [0.15, 0.2) is 90.0 Å². The van der Waals surface area contributed by atoms with Gasteiger partial charge < -0.3 is 5.32 Å². The second kappa shape index (κ2) is 8.84. The van der Waals surface area contributed by atoms with Gasteiger partial charge in [-0.25, -0.2) is 13.1 Å². The number of hydrogen-bond acceptors (Lipinski definition) is 5. The van der Waals surface area contributed by atoms with Gasteiger partial charge in [-0.3, -0.25) is 9.59 Å². The van der Waals surface area contributed by atoms with Crippen LogP contribution in [0.2, 0.25) is 0 Å². The van der Waals surface area contributed by atoms with Crippen molar-refractivity contribution in [2.45, 2.75) is 11.8 Å². The average Bonchev–Trinajstić information content (AvgIpc) is 3.25. The number of carbonyl (C=O) groups is 2. The van der Waals surface area contributed by atoms with Gasteiger partial charge in [-0.15, -0.1) is 0 Å². The van der Waals surface area contributed by atoms with Gasteiger partial charge in [0, 0.05) is 29.3 Å². The number of Topliss-reactive ketones (excluding diaryl/α,β-unsaturated/α-hetero) is 1. The number of amides is 1. The predicted octanol–water partition coefficient (Wildman–Crippen LogP) is 4.40. The summed E-state index contributed by atoms with van der Waals surface area (Å²) < 4.78 is 25.2. The number of nitrogens with zero attached hydrogens (tertiary/aromatic N) is 2. The van der Waals surface area contributed by atoms with E-state index in [0.29, 0.717) is 28.1 Å². The lowest BCUT2D eigenvalue weighted by molar-refractivity contribution is 0.101. The number of carbonyl (C=O) groups excluding carboxylic acids is 2. The smallest absolute Gasteiger partial charge is 0.259 e. The SMILES string of the molecule is CC(=O)c1cccc(NC(=O)c2cn(-c3ccccc3)nc2-c2ccc(S(C)(=O)=O)cc2)c1. The highest BCUT2D eigenvalue weighted by molar-refractivity contribution is 7.90. The van der Waals surface area contributed by atoms with Gasteiger partial charge in [0.05, 0.1) is 16.1 Å². The number of ketones is 1. The molecule has 0 aliphatic carbocycles. The standard InChI is InChI=1S/C25H21N3O4S/c1-17(29)19-7-6-8-20(15-19)26-25(30)23-16-28(21-9-4-3-5-10-21)27-24(23)18-11-13-22(14-12-18)33(2,31)32/h3-16H,1-2H3,(H,26,30). The number of anilines is 1. The second-order valence-electron chi connectivity index (χ2n) is 7.56. The summed E-state index contributed by atoms with van der Waals surface area (Å²) in [5.74, 6) is -0.505. The molecule has 0 radical (unpaired) electrons. The molecular weight excluding hydrogens is 438 g/mol. The molecule has 4 aromatic rings. The number of benzene rings is 3. The molecule has 0 bridgehead atoms. The Kier molecular flexibility index (Phi) is 5.93. The lowest BCUT2D eigenvalue weighted by atomic mass is 10.1. The number of para-hydroxylation sites is 1. The highest BCUT2D eigenvalue weighted by atomic mass is 32.2. The van der Waals surface area contributed by atoms with E-state index in [4.69, 9.17) is 0 Å². The van der Waals surface area contributed by atoms with Crippen molar-refractivity contribution in [1.29, 1.82) is 0 Å². The largest absolute Gasteiger partial charge is 0.322 e. The van der Waals surface area contributed by atoms with Crippen LogP contribution in [0.4, 0.5) is 5.69 Å². The lowest BCUT2D eigenvalue weighted by Crippen LogP contribution is -2.12.